The monoisotopic (exact) mass is 282 g/mol. The second-order valence-electron chi connectivity index (χ2n) is 3.94. The van der Waals surface area contributed by atoms with Gasteiger partial charge >= 0.3 is 0 Å². The standard InChI is InChI=1S/C12H27NO6/c1-14-10-17-7-4-13(5-8-18-11-15-2)6-9-19-12-16-3/h4-12H2,1-3H3/p+1. The number of hydrogen-bond donors (Lipinski definition) is 1. The Labute approximate surface area is 115 Å². The minimum Gasteiger partial charge on any atom is -0.359 e. The molecular weight excluding hydrogens is 254 g/mol. The molecule has 0 rings (SSSR count). The predicted octanol–water partition coefficient (Wildman–Crippen LogP) is -1.27. The van der Waals surface area contributed by atoms with Crippen molar-refractivity contribution >= 4 is 0 Å². The Hall–Kier alpha value is -0.280. The Kier molecular flexibility index (Phi) is 15.5. The topological polar surface area (TPSA) is 59.8 Å². The lowest BCUT2D eigenvalue weighted by molar-refractivity contribution is -0.901. The van der Waals surface area contributed by atoms with Crippen LogP contribution in [0.1, 0.15) is 0 Å². The van der Waals surface area contributed by atoms with E-state index in [9.17, 15) is 0 Å². The van der Waals surface area contributed by atoms with E-state index >= 15 is 0 Å². The van der Waals surface area contributed by atoms with E-state index in [2.05, 4.69) is 0 Å². The SMILES string of the molecule is COCOCC[NH+](CCOCOC)CCOCOC. The predicted molar refractivity (Wildman–Crippen MR) is 69.0 cm³/mol. The van der Waals surface area contributed by atoms with Crippen molar-refractivity contribution in [2.45, 2.75) is 0 Å². The van der Waals surface area contributed by atoms with Gasteiger partial charge in [-0.2, -0.15) is 0 Å². The molecule has 0 heterocycles. The summed E-state index contributed by atoms with van der Waals surface area (Å²) >= 11 is 0. The molecule has 0 aromatic heterocycles. The van der Waals surface area contributed by atoms with Crippen molar-refractivity contribution in [3.05, 3.63) is 0 Å². The lowest BCUT2D eigenvalue weighted by Crippen LogP contribution is -3.13. The van der Waals surface area contributed by atoms with Crippen LogP contribution in [0, 0.1) is 0 Å². The quantitative estimate of drug-likeness (QED) is 0.299. The van der Waals surface area contributed by atoms with Crippen LogP contribution in [0.15, 0.2) is 0 Å². The van der Waals surface area contributed by atoms with Crippen molar-refractivity contribution in [1.82, 2.24) is 0 Å². The van der Waals surface area contributed by atoms with E-state index in [0.717, 1.165) is 19.6 Å². The molecule has 0 fully saturated rings. The van der Waals surface area contributed by atoms with Crippen LogP contribution < -0.4 is 4.90 Å². The molecule has 0 aliphatic heterocycles. The molecule has 0 saturated carbocycles. The second-order valence-corrected chi connectivity index (χ2v) is 3.94. The molecule has 7 heteroatoms. The second kappa shape index (κ2) is 15.8. The molecule has 0 aliphatic carbocycles. The summed E-state index contributed by atoms with van der Waals surface area (Å²) in [5, 5.41) is 0. The van der Waals surface area contributed by atoms with Crippen molar-refractivity contribution in [3.8, 4) is 0 Å². The van der Waals surface area contributed by atoms with Gasteiger partial charge in [-0.3, -0.25) is 0 Å². The molecular formula is C12H28NO6+. The third kappa shape index (κ3) is 13.9. The highest BCUT2D eigenvalue weighted by atomic mass is 16.7. The molecule has 0 saturated heterocycles. The summed E-state index contributed by atoms with van der Waals surface area (Å²) in [5.41, 5.74) is 0. The molecule has 116 valence electrons. The number of quaternary nitrogens is 1. The molecule has 0 aromatic rings. The first-order valence-electron chi connectivity index (χ1n) is 6.38. The van der Waals surface area contributed by atoms with Gasteiger partial charge in [-0.05, 0) is 0 Å². The van der Waals surface area contributed by atoms with Crippen LogP contribution in [-0.4, -0.2) is 81.2 Å². The lowest BCUT2D eigenvalue weighted by Gasteiger charge is -2.19. The summed E-state index contributed by atoms with van der Waals surface area (Å²) in [7, 11) is 4.84. The average Bonchev–Trinajstić information content (AvgIpc) is 2.43. The smallest absolute Gasteiger partial charge is 0.146 e. The van der Waals surface area contributed by atoms with Gasteiger partial charge in [0.15, 0.2) is 0 Å². The molecule has 0 aromatic carbocycles. The zero-order valence-electron chi connectivity index (χ0n) is 12.3. The summed E-state index contributed by atoms with van der Waals surface area (Å²) in [6.07, 6.45) is 0. The third-order valence-electron chi connectivity index (χ3n) is 2.40. The highest BCUT2D eigenvalue weighted by molar-refractivity contribution is 4.33. The Morgan fingerprint density at radius 1 is 0.579 bits per heavy atom. The Morgan fingerprint density at radius 3 is 1.16 bits per heavy atom. The van der Waals surface area contributed by atoms with Crippen LogP contribution in [0.25, 0.3) is 0 Å². The van der Waals surface area contributed by atoms with E-state index in [-0.39, 0.29) is 0 Å². The van der Waals surface area contributed by atoms with Gasteiger partial charge in [0, 0.05) is 21.3 Å². The van der Waals surface area contributed by atoms with Crippen molar-refractivity contribution < 1.29 is 33.3 Å². The molecule has 7 nitrogen and oxygen atoms in total. The maximum atomic E-state index is 5.29. The van der Waals surface area contributed by atoms with Gasteiger partial charge < -0.3 is 33.3 Å². The minimum absolute atomic E-state index is 0.327. The van der Waals surface area contributed by atoms with Crippen molar-refractivity contribution in [3.63, 3.8) is 0 Å². The number of methoxy groups -OCH3 is 3. The van der Waals surface area contributed by atoms with E-state index in [1.54, 1.807) is 21.3 Å². The maximum Gasteiger partial charge on any atom is 0.146 e. The molecule has 0 spiro atoms. The van der Waals surface area contributed by atoms with Crippen molar-refractivity contribution in [2.75, 3.05) is 81.2 Å². The number of ether oxygens (including phenoxy) is 6. The molecule has 0 radical (unpaired) electrons. The molecule has 1 N–H and O–H groups in total. The number of hydrogen-bond acceptors (Lipinski definition) is 6. The summed E-state index contributed by atoms with van der Waals surface area (Å²) in [6.45, 7) is 5.59. The van der Waals surface area contributed by atoms with Crippen molar-refractivity contribution in [2.24, 2.45) is 0 Å². The Bertz CT molecular complexity index is 144. The van der Waals surface area contributed by atoms with Crippen LogP contribution in [0.4, 0.5) is 0 Å². The van der Waals surface area contributed by atoms with Crippen LogP contribution in [0.2, 0.25) is 0 Å². The number of nitrogens with one attached hydrogen (secondary N) is 1. The Balaban J connectivity index is 3.66. The number of rotatable bonds is 15. The van der Waals surface area contributed by atoms with Crippen LogP contribution in [0.5, 0.6) is 0 Å². The van der Waals surface area contributed by atoms with Gasteiger partial charge in [-0.25, -0.2) is 0 Å². The highest BCUT2D eigenvalue weighted by Crippen LogP contribution is 1.75. The zero-order chi connectivity index (χ0) is 14.2. The molecule has 0 atom stereocenters. The van der Waals surface area contributed by atoms with Gasteiger partial charge in [0.05, 0.1) is 19.8 Å². The van der Waals surface area contributed by atoms with Gasteiger partial charge in [0.1, 0.15) is 40.0 Å². The molecule has 0 aliphatic rings. The van der Waals surface area contributed by atoms with Gasteiger partial charge in [-0.1, -0.05) is 0 Å². The van der Waals surface area contributed by atoms with Crippen LogP contribution in [0.3, 0.4) is 0 Å². The van der Waals surface area contributed by atoms with E-state index < -0.39 is 0 Å². The summed E-state index contributed by atoms with van der Waals surface area (Å²) < 4.78 is 30.4. The molecule has 0 amide bonds. The lowest BCUT2D eigenvalue weighted by atomic mass is 10.4. The van der Waals surface area contributed by atoms with Crippen LogP contribution >= 0.6 is 0 Å². The fourth-order valence-corrected chi connectivity index (χ4v) is 1.45. The van der Waals surface area contributed by atoms with Gasteiger partial charge in [0.25, 0.3) is 0 Å². The van der Waals surface area contributed by atoms with Crippen LogP contribution in [-0.2, 0) is 28.4 Å². The van der Waals surface area contributed by atoms with E-state index in [1.165, 1.54) is 4.90 Å². The minimum atomic E-state index is 0.327. The maximum absolute atomic E-state index is 5.29. The summed E-state index contributed by atoms with van der Waals surface area (Å²) in [5.74, 6) is 0. The molecule has 0 bridgehead atoms. The fraction of sp³-hybridized carbons (Fsp3) is 1.00. The molecule has 0 unspecified atom stereocenters. The summed E-state index contributed by atoms with van der Waals surface area (Å²) in [6, 6.07) is 0. The summed E-state index contributed by atoms with van der Waals surface area (Å²) in [4.78, 5) is 1.35. The largest absolute Gasteiger partial charge is 0.359 e. The first-order valence-corrected chi connectivity index (χ1v) is 6.38. The van der Waals surface area contributed by atoms with E-state index in [1.807, 2.05) is 0 Å². The van der Waals surface area contributed by atoms with Gasteiger partial charge in [-0.15, -0.1) is 0 Å². The van der Waals surface area contributed by atoms with E-state index in [0.29, 0.717) is 40.2 Å². The third-order valence-corrected chi connectivity index (χ3v) is 2.40. The Morgan fingerprint density at radius 2 is 0.895 bits per heavy atom. The zero-order valence-corrected chi connectivity index (χ0v) is 12.3. The van der Waals surface area contributed by atoms with Gasteiger partial charge in [0.2, 0.25) is 0 Å². The first kappa shape index (κ1) is 18.7. The van der Waals surface area contributed by atoms with E-state index in [4.69, 9.17) is 28.4 Å². The normalized spacial score (nSPS) is 11.4. The highest BCUT2D eigenvalue weighted by Gasteiger charge is 2.08. The average molecular weight is 282 g/mol. The molecule has 19 heavy (non-hydrogen) atoms. The fourth-order valence-electron chi connectivity index (χ4n) is 1.45. The van der Waals surface area contributed by atoms with Crippen molar-refractivity contribution in [1.29, 1.82) is 0 Å². The first-order chi connectivity index (χ1) is 9.35.